The molecule has 0 bridgehead atoms. The molecule has 0 saturated heterocycles. The van der Waals surface area contributed by atoms with Gasteiger partial charge in [0.25, 0.3) is 0 Å². The maximum Gasteiger partial charge on any atom is 0.195 e. The lowest BCUT2D eigenvalue weighted by Crippen LogP contribution is -2.08. The Morgan fingerprint density at radius 1 is 1.54 bits per heavy atom. The van der Waals surface area contributed by atoms with Crippen LogP contribution in [0.4, 0.5) is 0 Å². The van der Waals surface area contributed by atoms with Crippen molar-refractivity contribution in [1.29, 1.82) is 0 Å². The fourth-order valence-corrected chi connectivity index (χ4v) is 2.62. The van der Waals surface area contributed by atoms with E-state index in [0.29, 0.717) is 10.9 Å². The van der Waals surface area contributed by atoms with Gasteiger partial charge in [-0.1, -0.05) is 28.9 Å². The van der Waals surface area contributed by atoms with Gasteiger partial charge in [0, 0.05) is 17.1 Å². The quantitative estimate of drug-likeness (QED) is 0.782. The topological polar surface area (TPSA) is 47.0 Å². The lowest BCUT2D eigenvalue weighted by atomic mass is 10.3. The maximum absolute atomic E-state index is 11.5. The van der Waals surface area contributed by atoms with Crippen molar-refractivity contribution in [1.82, 2.24) is 4.98 Å². The normalized spacial score (nSPS) is 11.5. The van der Waals surface area contributed by atoms with E-state index in [4.69, 9.17) is 0 Å². The predicted octanol–water partition coefficient (Wildman–Crippen LogP) is 1.77. The van der Waals surface area contributed by atoms with Crippen molar-refractivity contribution >= 4 is 25.8 Å². The molecule has 0 aliphatic heterocycles. The number of halogens is 1. The van der Waals surface area contributed by atoms with E-state index in [2.05, 4.69) is 20.9 Å². The molecule has 0 aliphatic rings. The molecular formula is C8H10BrNO2S. The fourth-order valence-electron chi connectivity index (χ4n) is 0.943. The number of aromatic nitrogens is 1. The minimum absolute atomic E-state index is 0.0873. The van der Waals surface area contributed by atoms with Gasteiger partial charge in [-0.3, -0.25) is 0 Å². The van der Waals surface area contributed by atoms with E-state index in [1.165, 1.54) is 6.20 Å². The molecule has 0 fully saturated rings. The van der Waals surface area contributed by atoms with E-state index in [-0.39, 0.29) is 10.8 Å². The minimum Gasteiger partial charge on any atom is -0.244 e. The molecule has 1 rings (SSSR count). The Bertz CT molecular complexity index is 389. The molecule has 72 valence electrons. The van der Waals surface area contributed by atoms with Crippen LogP contribution in [0, 0.1) is 0 Å². The van der Waals surface area contributed by atoms with Crippen molar-refractivity contribution < 1.29 is 8.42 Å². The smallest absolute Gasteiger partial charge is 0.195 e. The SMILES string of the molecule is CCS(=O)(=O)c1ncccc1CBr. The number of hydrogen-bond acceptors (Lipinski definition) is 3. The van der Waals surface area contributed by atoms with Gasteiger partial charge >= 0.3 is 0 Å². The molecule has 0 amide bonds. The van der Waals surface area contributed by atoms with E-state index in [1.807, 2.05) is 0 Å². The van der Waals surface area contributed by atoms with Crippen LogP contribution in [-0.2, 0) is 15.2 Å². The molecule has 0 unspecified atom stereocenters. The summed E-state index contributed by atoms with van der Waals surface area (Å²) >= 11 is 3.23. The summed E-state index contributed by atoms with van der Waals surface area (Å²) in [5.74, 6) is 0.0873. The van der Waals surface area contributed by atoms with Crippen molar-refractivity contribution in [2.24, 2.45) is 0 Å². The largest absolute Gasteiger partial charge is 0.244 e. The summed E-state index contributed by atoms with van der Waals surface area (Å²) < 4.78 is 23.0. The molecule has 0 N–H and O–H groups in total. The van der Waals surface area contributed by atoms with Gasteiger partial charge in [0.05, 0.1) is 5.75 Å². The predicted molar refractivity (Wildman–Crippen MR) is 54.6 cm³/mol. The van der Waals surface area contributed by atoms with E-state index in [0.717, 1.165) is 0 Å². The summed E-state index contributed by atoms with van der Waals surface area (Å²) in [6.45, 7) is 1.61. The highest BCUT2D eigenvalue weighted by atomic mass is 79.9. The molecule has 1 aromatic heterocycles. The van der Waals surface area contributed by atoms with Crippen molar-refractivity contribution in [2.45, 2.75) is 17.3 Å². The average Bonchev–Trinajstić information content (AvgIpc) is 2.18. The molecule has 0 radical (unpaired) electrons. The Kier molecular flexibility index (Phi) is 3.44. The van der Waals surface area contributed by atoms with Crippen LogP contribution < -0.4 is 0 Å². The van der Waals surface area contributed by atoms with Crippen molar-refractivity contribution in [3.63, 3.8) is 0 Å². The van der Waals surface area contributed by atoms with Crippen LogP contribution in [0.5, 0.6) is 0 Å². The van der Waals surface area contributed by atoms with Gasteiger partial charge in [0.2, 0.25) is 0 Å². The Morgan fingerprint density at radius 2 is 2.23 bits per heavy atom. The highest BCUT2D eigenvalue weighted by Crippen LogP contribution is 2.16. The monoisotopic (exact) mass is 263 g/mol. The number of sulfone groups is 1. The van der Waals surface area contributed by atoms with Gasteiger partial charge in [-0.05, 0) is 6.07 Å². The number of hydrogen-bond donors (Lipinski definition) is 0. The third-order valence-electron chi connectivity index (χ3n) is 1.67. The first-order valence-electron chi connectivity index (χ1n) is 3.84. The van der Waals surface area contributed by atoms with Gasteiger partial charge < -0.3 is 0 Å². The Labute approximate surface area is 86.2 Å². The number of rotatable bonds is 3. The molecule has 0 aromatic carbocycles. The molecule has 0 spiro atoms. The molecule has 0 atom stereocenters. The highest BCUT2D eigenvalue weighted by molar-refractivity contribution is 9.08. The van der Waals surface area contributed by atoms with Crippen molar-refractivity contribution in [2.75, 3.05) is 5.75 Å². The third-order valence-corrected chi connectivity index (χ3v) is 3.99. The first kappa shape index (κ1) is 10.7. The molecular weight excluding hydrogens is 254 g/mol. The van der Waals surface area contributed by atoms with E-state index in [9.17, 15) is 8.42 Å². The zero-order valence-corrected chi connectivity index (χ0v) is 9.60. The van der Waals surface area contributed by atoms with Crippen LogP contribution in [0.3, 0.4) is 0 Å². The second kappa shape index (κ2) is 4.19. The van der Waals surface area contributed by atoms with Crippen LogP contribution >= 0.6 is 15.9 Å². The minimum atomic E-state index is -3.18. The van der Waals surface area contributed by atoms with Crippen molar-refractivity contribution in [3.8, 4) is 0 Å². The van der Waals surface area contributed by atoms with E-state index >= 15 is 0 Å². The lowest BCUT2D eigenvalue weighted by molar-refractivity contribution is 0.592. The maximum atomic E-state index is 11.5. The summed E-state index contributed by atoms with van der Waals surface area (Å²) in [6, 6.07) is 3.48. The first-order valence-corrected chi connectivity index (χ1v) is 6.61. The molecule has 13 heavy (non-hydrogen) atoms. The molecule has 1 heterocycles. The second-order valence-electron chi connectivity index (χ2n) is 2.50. The van der Waals surface area contributed by atoms with Crippen molar-refractivity contribution in [3.05, 3.63) is 23.9 Å². The number of alkyl halides is 1. The first-order chi connectivity index (χ1) is 6.11. The van der Waals surface area contributed by atoms with Crippen LogP contribution in [0.1, 0.15) is 12.5 Å². The van der Waals surface area contributed by atoms with Gasteiger partial charge in [0.15, 0.2) is 14.9 Å². The summed E-state index contributed by atoms with van der Waals surface area (Å²) in [7, 11) is -3.18. The zero-order valence-electron chi connectivity index (χ0n) is 7.20. The van der Waals surface area contributed by atoms with Gasteiger partial charge in [-0.2, -0.15) is 0 Å². The van der Waals surface area contributed by atoms with Crippen LogP contribution in [0.25, 0.3) is 0 Å². The molecule has 3 nitrogen and oxygen atoms in total. The van der Waals surface area contributed by atoms with Gasteiger partial charge in [-0.25, -0.2) is 13.4 Å². The van der Waals surface area contributed by atoms with E-state index < -0.39 is 9.84 Å². The summed E-state index contributed by atoms with van der Waals surface area (Å²) in [5.41, 5.74) is 0.712. The molecule has 5 heteroatoms. The van der Waals surface area contributed by atoms with E-state index in [1.54, 1.807) is 19.1 Å². The fraction of sp³-hybridized carbons (Fsp3) is 0.375. The molecule has 1 aromatic rings. The average molecular weight is 264 g/mol. The third kappa shape index (κ3) is 2.28. The van der Waals surface area contributed by atoms with Gasteiger partial charge in [0.1, 0.15) is 0 Å². The number of nitrogens with zero attached hydrogens (tertiary/aromatic N) is 1. The standard InChI is InChI=1S/C8H10BrNO2S/c1-2-13(11,12)8-7(6-9)4-3-5-10-8/h3-5H,2,6H2,1H3. The Balaban J connectivity index is 3.29. The van der Waals surface area contributed by atoms with Gasteiger partial charge in [-0.15, -0.1) is 0 Å². The molecule has 0 saturated carbocycles. The van der Waals surface area contributed by atoms with Crippen LogP contribution in [0.15, 0.2) is 23.4 Å². The lowest BCUT2D eigenvalue weighted by Gasteiger charge is -2.04. The number of pyridine rings is 1. The van der Waals surface area contributed by atoms with Crippen LogP contribution in [0.2, 0.25) is 0 Å². The summed E-state index contributed by atoms with van der Waals surface area (Å²) in [5, 5.41) is 0.699. The summed E-state index contributed by atoms with van der Waals surface area (Å²) in [4.78, 5) is 3.87. The highest BCUT2D eigenvalue weighted by Gasteiger charge is 2.16. The van der Waals surface area contributed by atoms with Crippen LogP contribution in [-0.4, -0.2) is 19.2 Å². The Hall–Kier alpha value is -0.420. The molecule has 0 aliphatic carbocycles. The second-order valence-corrected chi connectivity index (χ2v) is 5.26. The zero-order chi connectivity index (χ0) is 9.90. The summed E-state index contributed by atoms with van der Waals surface area (Å²) in [6.07, 6.45) is 1.49. The Morgan fingerprint density at radius 3 is 2.77 bits per heavy atom.